The second-order valence-electron chi connectivity index (χ2n) is 4.81. The van der Waals surface area contributed by atoms with E-state index in [2.05, 4.69) is 23.3 Å². The first kappa shape index (κ1) is 21.7. The highest BCUT2D eigenvalue weighted by molar-refractivity contribution is 7.80. The Morgan fingerprint density at radius 3 is 2.04 bits per heavy atom. The Bertz CT molecular complexity index is 512. The lowest BCUT2D eigenvalue weighted by Crippen LogP contribution is -2.54. The minimum absolute atomic E-state index is 0.168. The molecule has 3 unspecified atom stereocenters. The van der Waals surface area contributed by atoms with Crippen LogP contribution in [0.5, 0.6) is 0 Å². The average Bonchev–Trinajstić information content (AvgIpc) is 2.48. The molecule has 136 valence electrons. The predicted molar refractivity (Wildman–Crippen MR) is 84.3 cm³/mol. The number of nitrogens with two attached hydrogens (primary N) is 1. The van der Waals surface area contributed by atoms with Crippen molar-refractivity contribution in [2.75, 3.05) is 12.3 Å². The summed E-state index contributed by atoms with van der Waals surface area (Å²) in [6, 6.07) is -3.66. The van der Waals surface area contributed by atoms with E-state index in [1.807, 2.05) is 5.32 Å². The highest BCUT2D eigenvalue weighted by Gasteiger charge is 2.27. The van der Waals surface area contributed by atoms with Crippen LogP contribution in [0.4, 0.5) is 0 Å². The Labute approximate surface area is 142 Å². The van der Waals surface area contributed by atoms with Crippen LogP contribution in [0.25, 0.3) is 0 Å². The molecule has 24 heavy (non-hydrogen) atoms. The summed E-state index contributed by atoms with van der Waals surface area (Å²) in [6.45, 7) is 0.987. The fraction of sp³-hybridized carbons (Fsp3) is 0.583. The zero-order valence-electron chi connectivity index (χ0n) is 12.8. The molecular formula is C12H20N4O7S. The molecule has 0 saturated carbocycles. The summed E-state index contributed by atoms with van der Waals surface area (Å²) < 4.78 is 0. The molecule has 3 amide bonds. The van der Waals surface area contributed by atoms with Gasteiger partial charge in [-0.05, 0) is 6.92 Å². The fourth-order valence-electron chi connectivity index (χ4n) is 1.41. The number of nitrogens with one attached hydrogen (secondary N) is 3. The van der Waals surface area contributed by atoms with Gasteiger partial charge in [0.2, 0.25) is 17.7 Å². The number of aliphatic carboxylic acids is 2. The van der Waals surface area contributed by atoms with E-state index < -0.39 is 60.8 Å². The highest BCUT2D eigenvalue weighted by Crippen LogP contribution is 1.96. The van der Waals surface area contributed by atoms with Crippen LogP contribution in [0.15, 0.2) is 0 Å². The van der Waals surface area contributed by atoms with Crippen LogP contribution in [0.1, 0.15) is 13.3 Å². The van der Waals surface area contributed by atoms with E-state index in [4.69, 9.17) is 15.9 Å². The minimum Gasteiger partial charge on any atom is -0.481 e. The van der Waals surface area contributed by atoms with Crippen molar-refractivity contribution in [1.82, 2.24) is 16.0 Å². The third-order valence-corrected chi connectivity index (χ3v) is 3.03. The lowest BCUT2D eigenvalue weighted by Gasteiger charge is -2.19. The van der Waals surface area contributed by atoms with Gasteiger partial charge in [-0.1, -0.05) is 0 Å². The summed E-state index contributed by atoms with van der Waals surface area (Å²) in [5.41, 5.74) is 5.30. The number of thiol groups is 1. The van der Waals surface area contributed by atoms with Gasteiger partial charge in [0.25, 0.3) is 0 Å². The van der Waals surface area contributed by atoms with Gasteiger partial charge in [-0.25, -0.2) is 4.79 Å². The monoisotopic (exact) mass is 364 g/mol. The van der Waals surface area contributed by atoms with Gasteiger partial charge in [0.1, 0.15) is 12.1 Å². The Morgan fingerprint density at radius 1 is 1.04 bits per heavy atom. The smallest absolute Gasteiger partial charge is 0.326 e. The van der Waals surface area contributed by atoms with Crippen LogP contribution in [0.2, 0.25) is 0 Å². The van der Waals surface area contributed by atoms with E-state index in [0.29, 0.717) is 0 Å². The Kier molecular flexibility index (Phi) is 9.42. The molecule has 12 heteroatoms. The molecule has 0 spiro atoms. The largest absolute Gasteiger partial charge is 0.481 e. The first-order chi connectivity index (χ1) is 11.1. The van der Waals surface area contributed by atoms with E-state index in [-0.39, 0.29) is 5.75 Å². The Balaban J connectivity index is 4.62. The van der Waals surface area contributed by atoms with Crippen molar-refractivity contribution in [1.29, 1.82) is 0 Å². The van der Waals surface area contributed by atoms with Gasteiger partial charge in [0.05, 0.1) is 19.0 Å². The maximum Gasteiger partial charge on any atom is 0.326 e. The zero-order chi connectivity index (χ0) is 18.9. The van der Waals surface area contributed by atoms with Gasteiger partial charge in [0, 0.05) is 5.75 Å². The maximum absolute atomic E-state index is 11.9. The molecule has 0 aromatic rings. The summed E-state index contributed by atoms with van der Waals surface area (Å²) in [4.78, 5) is 56.3. The second-order valence-corrected chi connectivity index (χ2v) is 5.17. The third kappa shape index (κ3) is 8.33. The summed E-state index contributed by atoms with van der Waals surface area (Å²) in [7, 11) is 0. The van der Waals surface area contributed by atoms with Gasteiger partial charge in [-0.2, -0.15) is 12.6 Å². The molecule has 3 atom stereocenters. The normalized spacial score (nSPS) is 14.0. The lowest BCUT2D eigenvalue weighted by atomic mass is 10.2. The first-order valence-electron chi connectivity index (χ1n) is 6.77. The molecule has 0 saturated heterocycles. The van der Waals surface area contributed by atoms with Crippen molar-refractivity contribution >= 4 is 42.3 Å². The highest BCUT2D eigenvalue weighted by atomic mass is 32.1. The standard InChI is InChI=1S/C12H20N4O7S/c1-5(13)10(20)14-3-8(17)15-7(4-24)11(21)16-6(12(22)23)2-9(18)19/h5-7,24H,2-4,13H2,1H3,(H,14,20)(H,15,17)(H,16,21)(H,18,19)(H,22,23). The molecule has 0 bridgehead atoms. The molecule has 0 aromatic heterocycles. The van der Waals surface area contributed by atoms with Gasteiger partial charge in [0.15, 0.2) is 0 Å². The zero-order valence-corrected chi connectivity index (χ0v) is 13.7. The van der Waals surface area contributed by atoms with E-state index in [0.717, 1.165) is 0 Å². The third-order valence-electron chi connectivity index (χ3n) is 2.66. The van der Waals surface area contributed by atoms with Gasteiger partial charge in [-0.3, -0.25) is 19.2 Å². The summed E-state index contributed by atoms with van der Waals surface area (Å²) in [6.07, 6.45) is -0.821. The van der Waals surface area contributed by atoms with E-state index in [1.54, 1.807) is 0 Å². The number of rotatable bonds is 10. The van der Waals surface area contributed by atoms with Crippen molar-refractivity contribution < 1.29 is 34.2 Å². The first-order valence-corrected chi connectivity index (χ1v) is 7.40. The molecule has 0 aliphatic rings. The number of carboxylic acid groups (broad SMARTS) is 2. The van der Waals surface area contributed by atoms with Crippen LogP contribution in [0, 0.1) is 0 Å². The van der Waals surface area contributed by atoms with Crippen molar-refractivity contribution in [2.45, 2.75) is 31.5 Å². The maximum atomic E-state index is 11.9. The predicted octanol–water partition coefficient (Wildman–Crippen LogP) is -3.09. The molecule has 0 aliphatic carbocycles. The van der Waals surface area contributed by atoms with Crippen LogP contribution in [-0.2, 0) is 24.0 Å². The molecule has 7 N–H and O–H groups in total. The molecular weight excluding hydrogens is 344 g/mol. The quantitative estimate of drug-likeness (QED) is 0.198. The number of carbonyl (C=O) groups excluding carboxylic acids is 3. The molecule has 0 radical (unpaired) electrons. The lowest BCUT2D eigenvalue weighted by molar-refractivity contribution is -0.147. The Hall–Kier alpha value is -2.34. The van der Waals surface area contributed by atoms with Crippen LogP contribution in [0.3, 0.4) is 0 Å². The molecule has 0 heterocycles. The van der Waals surface area contributed by atoms with E-state index in [9.17, 15) is 24.0 Å². The number of hydrogen-bond acceptors (Lipinski definition) is 7. The van der Waals surface area contributed by atoms with Gasteiger partial charge < -0.3 is 31.9 Å². The molecule has 0 rings (SSSR count). The molecule has 0 fully saturated rings. The summed E-state index contributed by atoms with van der Waals surface area (Å²) in [5, 5.41) is 23.9. The number of hydrogen-bond donors (Lipinski definition) is 7. The number of amides is 3. The summed E-state index contributed by atoms with van der Waals surface area (Å²) >= 11 is 3.87. The van der Waals surface area contributed by atoms with Crippen molar-refractivity contribution in [2.24, 2.45) is 5.73 Å². The number of carbonyl (C=O) groups is 5. The van der Waals surface area contributed by atoms with Gasteiger partial charge >= 0.3 is 11.9 Å². The average molecular weight is 364 g/mol. The van der Waals surface area contributed by atoms with E-state index in [1.165, 1.54) is 6.92 Å². The SMILES string of the molecule is CC(N)C(=O)NCC(=O)NC(CS)C(=O)NC(CC(=O)O)C(=O)O. The molecule has 0 aromatic carbocycles. The van der Waals surface area contributed by atoms with Crippen LogP contribution < -0.4 is 21.7 Å². The second kappa shape index (κ2) is 10.4. The topological polar surface area (TPSA) is 188 Å². The molecule has 0 aliphatic heterocycles. The molecule has 11 nitrogen and oxygen atoms in total. The van der Waals surface area contributed by atoms with Crippen molar-refractivity contribution in [3.05, 3.63) is 0 Å². The van der Waals surface area contributed by atoms with Crippen molar-refractivity contribution in [3.8, 4) is 0 Å². The van der Waals surface area contributed by atoms with Gasteiger partial charge in [-0.15, -0.1) is 0 Å². The van der Waals surface area contributed by atoms with E-state index >= 15 is 0 Å². The Morgan fingerprint density at radius 2 is 1.62 bits per heavy atom. The summed E-state index contributed by atoms with van der Waals surface area (Å²) in [5.74, 6) is -5.30. The fourth-order valence-corrected chi connectivity index (χ4v) is 1.67. The minimum atomic E-state index is -1.65. The van der Waals surface area contributed by atoms with Crippen LogP contribution in [-0.4, -0.2) is 70.3 Å². The number of carboxylic acids is 2. The van der Waals surface area contributed by atoms with Crippen LogP contribution >= 0.6 is 12.6 Å². The van der Waals surface area contributed by atoms with Crippen molar-refractivity contribution in [3.63, 3.8) is 0 Å².